The summed E-state index contributed by atoms with van der Waals surface area (Å²) < 4.78 is 6.36. The molecule has 0 aliphatic carbocycles. The molecule has 0 radical (unpaired) electrons. The van der Waals surface area contributed by atoms with Crippen molar-refractivity contribution in [1.82, 2.24) is 20.2 Å². The number of tetrazole rings is 1. The van der Waals surface area contributed by atoms with Crippen LogP contribution in [0.2, 0.25) is 0 Å². The van der Waals surface area contributed by atoms with Crippen LogP contribution in [-0.2, 0) is 11.3 Å². The minimum absolute atomic E-state index is 0.126. The van der Waals surface area contributed by atoms with Gasteiger partial charge in [-0.25, -0.2) is 9.48 Å². The number of carbonyl (C=O) groups is 1. The zero-order chi connectivity index (χ0) is 13.8. The molecule has 0 spiro atoms. The van der Waals surface area contributed by atoms with Crippen molar-refractivity contribution in [3.05, 3.63) is 40.7 Å². The fraction of sp³-hybridized carbons (Fsp3) is 0.385. The minimum atomic E-state index is -0.503. The van der Waals surface area contributed by atoms with E-state index in [1.165, 1.54) is 15.8 Å². The second kappa shape index (κ2) is 5.60. The Bertz CT molecular complexity index is 572. The average molecular weight is 260 g/mol. The second-order valence-electron chi connectivity index (χ2n) is 4.38. The zero-order valence-electron chi connectivity index (χ0n) is 11.3. The van der Waals surface area contributed by atoms with E-state index in [2.05, 4.69) is 21.6 Å². The number of aromatic nitrogens is 4. The molecule has 2 rings (SSSR count). The van der Waals surface area contributed by atoms with Crippen LogP contribution in [0.5, 0.6) is 0 Å². The quantitative estimate of drug-likeness (QED) is 0.779. The molecule has 0 saturated carbocycles. The first kappa shape index (κ1) is 13.2. The number of carbonyl (C=O) groups excluding carboxylic acids is 1. The highest BCUT2D eigenvalue weighted by Gasteiger charge is 2.16. The van der Waals surface area contributed by atoms with Gasteiger partial charge in [0.15, 0.2) is 0 Å². The number of hydrogen-bond donors (Lipinski definition) is 0. The summed E-state index contributed by atoms with van der Waals surface area (Å²) in [7, 11) is 0. The topological polar surface area (TPSA) is 69.9 Å². The van der Waals surface area contributed by atoms with E-state index in [0.717, 1.165) is 5.56 Å². The predicted molar refractivity (Wildman–Crippen MR) is 68.8 cm³/mol. The molecule has 0 fully saturated rings. The van der Waals surface area contributed by atoms with Gasteiger partial charge in [-0.05, 0) is 36.8 Å². The molecule has 0 aliphatic heterocycles. The number of nitrogens with zero attached hydrogens (tertiary/aromatic N) is 4. The maximum absolute atomic E-state index is 11.7. The highest BCUT2D eigenvalue weighted by atomic mass is 16.5. The molecule has 19 heavy (non-hydrogen) atoms. The lowest BCUT2D eigenvalue weighted by atomic mass is 10.1. The van der Waals surface area contributed by atoms with Gasteiger partial charge in [-0.2, -0.15) is 0 Å². The summed E-state index contributed by atoms with van der Waals surface area (Å²) >= 11 is 0. The first-order chi connectivity index (χ1) is 9.10. The SMILES string of the molecule is CCOC(=O)c1nnnn1Cc1cc(C)cc(C)c1. The largest absolute Gasteiger partial charge is 0.460 e. The summed E-state index contributed by atoms with van der Waals surface area (Å²) in [6.07, 6.45) is 0. The van der Waals surface area contributed by atoms with Crippen LogP contribution >= 0.6 is 0 Å². The van der Waals surface area contributed by atoms with E-state index in [1.54, 1.807) is 6.92 Å². The van der Waals surface area contributed by atoms with E-state index in [4.69, 9.17) is 4.74 Å². The Hall–Kier alpha value is -2.24. The highest BCUT2D eigenvalue weighted by molar-refractivity contribution is 5.85. The monoisotopic (exact) mass is 260 g/mol. The average Bonchev–Trinajstić information content (AvgIpc) is 2.76. The molecule has 1 aromatic carbocycles. The van der Waals surface area contributed by atoms with Crippen molar-refractivity contribution < 1.29 is 9.53 Å². The van der Waals surface area contributed by atoms with E-state index >= 15 is 0 Å². The molecule has 0 unspecified atom stereocenters. The van der Waals surface area contributed by atoms with Crippen LogP contribution in [0.1, 0.15) is 34.2 Å². The Labute approximate surface area is 111 Å². The molecule has 1 aromatic heterocycles. The standard InChI is InChI=1S/C13H16N4O2/c1-4-19-13(18)12-14-15-16-17(12)8-11-6-9(2)5-10(3)7-11/h5-7H,4,8H2,1-3H3. The van der Waals surface area contributed by atoms with Gasteiger partial charge in [0.2, 0.25) is 0 Å². The number of rotatable bonds is 4. The van der Waals surface area contributed by atoms with Crippen molar-refractivity contribution in [2.75, 3.05) is 6.61 Å². The van der Waals surface area contributed by atoms with E-state index in [0.29, 0.717) is 13.2 Å². The molecule has 2 aromatic rings. The van der Waals surface area contributed by atoms with E-state index in [-0.39, 0.29) is 5.82 Å². The molecular formula is C13H16N4O2. The van der Waals surface area contributed by atoms with Crippen LogP contribution in [0.15, 0.2) is 18.2 Å². The first-order valence-corrected chi connectivity index (χ1v) is 6.10. The molecule has 6 nitrogen and oxygen atoms in total. The molecular weight excluding hydrogens is 244 g/mol. The lowest BCUT2D eigenvalue weighted by molar-refractivity contribution is 0.0505. The number of ether oxygens (including phenoxy) is 1. The van der Waals surface area contributed by atoms with E-state index in [9.17, 15) is 4.79 Å². The highest BCUT2D eigenvalue weighted by Crippen LogP contribution is 2.10. The minimum Gasteiger partial charge on any atom is -0.460 e. The smallest absolute Gasteiger partial charge is 0.378 e. The molecule has 0 N–H and O–H groups in total. The zero-order valence-corrected chi connectivity index (χ0v) is 11.3. The molecule has 100 valence electrons. The molecule has 0 amide bonds. The van der Waals surface area contributed by atoms with E-state index < -0.39 is 5.97 Å². The van der Waals surface area contributed by atoms with Crippen LogP contribution < -0.4 is 0 Å². The maximum atomic E-state index is 11.7. The molecule has 0 aliphatic rings. The Balaban J connectivity index is 2.24. The number of esters is 1. The van der Waals surface area contributed by atoms with Crippen LogP contribution in [0.25, 0.3) is 0 Å². The summed E-state index contributed by atoms with van der Waals surface area (Å²) in [5, 5.41) is 11.1. The van der Waals surface area contributed by atoms with Gasteiger partial charge < -0.3 is 4.74 Å². The van der Waals surface area contributed by atoms with Crippen molar-refractivity contribution in [3.8, 4) is 0 Å². The third-order valence-corrected chi connectivity index (χ3v) is 2.60. The summed E-state index contributed by atoms with van der Waals surface area (Å²) in [5.74, 6) is -0.377. The Morgan fingerprint density at radius 1 is 1.26 bits per heavy atom. The maximum Gasteiger partial charge on any atom is 0.378 e. The van der Waals surface area contributed by atoms with Gasteiger partial charge in [0.25, 0.3) is 5.82 Å². The van der Waals surface area contributed by atoms with Gasteiger partial charge in [-0.3, -0.25) is 0 Å². The van der Waals surface area contributed by atoms with Gasteiger partial charge in [0, 0.05) is 0 Å². The van der Waals surface area contributed by atoms with Gasteiger partial charge in [0.05, 0.1) is 13.2 Å². The third-order valence-electron chi connectivity index (χ3n) is 2.60. The summed E-state index contributed by atoms with van der Waals surface area (Å²) in [4.78, 5) is 11.7. The fourth-order valence-corrected chi connectivity index (χ4v) is 1.99. The molecule has 0 atom stereocenters. The Morgan fingerprint density at radius 3 is 2.58 bits per heavy atom. The van der Waals surface area contributed by atoms with Crippen LogP contribution in [-0.4, -0.2) is 32.8 Å². The molecule has 0 bridgehead atoms. The second-order valence-corrected chi connectivity index (χ2v) is 4.38. The number of benzene rings is 1. The molecule has 1 heterocycles. The summed E-state index contributed by atoms with van der Waals surface area (Å²) in [5.41, 5.74) is 3.39. The van der Waals surface area contributed by atoms with Crippen molar-refractivity contribution in [2.45, 2.75) is 27.3 Å². The van der Waals surface area contributed by atoms with Crippen molar-refractivity contribution >= 4 is 5.97 Å². The van der Waals surface area contributed by atoms with Crippen molar-refractivity contribution in [3.63, 3.8) is 0 Å². The van der Waals surface area contributed by atoms with Crippen LogP contribution in [0.3, 0.4) is 0 Å². The number of hydrogen-bond acceptors (Lipinski definition) is 5. The van der Waals surface area contributed by atoms with Gasteiger partial charge in [-0.1, -0.05) is 29.3 Å². The van der Waals surface area contributed by atoms with Crippen LogP contribution in [0.4, 0.5) is 0 Å². The van der Waals surface area contributed by atoms with Crippen molar-refractivity contribution in [2.24, 2.45) is 0 Å². The predicted octanol–water partition coefficient (Wildman–Crippen LogP) is 1.51. The third kappa shape index (κ3) is 3.15. The van der Waals surface area contributed by atoms with E-state index in [1.807, 2.05) is 26.0 Å². The van der Waals surface area contributed by atoms with Gasteiger partial charge in [0.1, 0.15) is 0 Å². The Morgan fingerprint density at radius 2 is 1.95 bits per heavy atom. The molecule has 0 saturated heterocycles. The van der Waals surface area contributed by atoms with Gasteiger partial charge in [-0.15, -0.1) is 5.10 Å². The fourth-order valence-electron chi connectivity index (χ4n) is 1.99. The summed E-state index contributed by atoms with van der Waals surface area (Å²) in [6.45, 7) is 6.56. The molecule has 6 heteroatoms. The van der Waals surface area contributed by atoms with Crippen LogP contribution in [0, 0.1) is 13.8 Å². The number of aryl methyl sites for hydroxylation is 2. The van der Waals surface area contributed by atoms with Gasteiger partial charge >= 0.3 is 5.97 Å². The lowest BCUT2D eigenvalue weighted by Crippen LogP contribution is -2.15. The normalized spacial score (nSPS) is 10.5. The summed E-state index contributed by atoms with van der Waals surface area (Å²) in [6, 6.07) is 6.18. The Kier molecular flexibility index (Phi) is 3.89. The lowest BCUT2D eigenvalue weighted by Gasteiger charge is -2.06. The first-order valence-electron chi connectivity index (χ1n) is 6.10. The van der Waals surface area contributed by atoms with Crippen molar-refractivity contribution in [1.29, 1.82) is 0 Å².